The zero-order valence-corrected chi connectivity index (χ0v) is 26.1. The van der Waals surface area contributed by atoms with Gasteiger partial charge in [0.25, 0.3) is 0 Å². The van der Waals surface area contributed by atoms with Crippen molar-refractivity contribution in [1.29, 1.82) is 0 Å². The van der Waals surface area contributed by atoms with Gasteiger partial charge >= 0.3 is 59.1 Å². The summed E-state index contributed by atoms with van der Waals surface area (Å²) in [4.78, 5) is 26.1. The van der Waals surface area contributed by atoms with Crippen molar-refractivity contribution in [3.05, 3.63) is 0 Å². The van der Waals surface area contributed by atoms with Gasteiger partial charge < -0.3 is 29.6 Å². The number of aliphatic hydroxyl groups excluding tert-OH is 2. The maximum absolute atomic E-state index is 12.5. The van der Waals surface area contributed by atoms with Gasteiger partial charge in [-0.05, 0) is 6.42 Å². The van der Waals surface area contributed by atoms with Crippen LogP contribution in [0.2, 0.25) is 0 Å². The van der Waals surface area contributed by atoms with Crippen molar-refractivity contribution in [3.8, 4) is 0 Å². The zero-order valence-electron chi connectivity index (χ0n) is 21.2. The molecule has 0 spiro atoms. The molecule has 0 aliphatic rings. The molecule has 0 rings (SSSR count). The number of hydrogen-bond acceptors (Lipinski definition) is 9. The Morgan fingerprint density at radius 2 is 1.44 bits per heavy atom. The van der Waals surface area contributed by atoms with E-state index < -0.39 is 34.5 Å². The Hall–Kier alpha value is 0.730. The Balaban J connectivity index is -0.00000480. The van der Waals surface area contributed by atoms with E-state index >= 15 is 0 Å². The number of rotatable bonds is 21. The second-order valence-corrected chi connectivity index (χ2v) is 9.62. The van der Waals surface area contributed by atoms with E-state index in [2.05, 4.69) is 6.92 Å². The minimum absolute atomic E-state index is 0. The number of aliphatic carboxylic acids is 1. The van der Waals surface area contributed by atoms with E-state index in [4.69, 9.17) is 0 Å². The summed E-state index contributed by atoms with van der Waals surface area (Å²) in [6.45, 7) is 1.19. The molecule has 2 N–H and O–H groups in total. The van der Waals surface area contributed by atoms with Gasteiger partial charge in [-0.25, -0.2) is 8.42 Å². The van der Waals surface area contributed by atoms with Crippen LogP contribution in [0.25, 0.3) is 0 Å². The van der Waals surface area contributed by atoms with Crippen LogP contribution in [0.1, 0.15) is 71.1 Å². The molecule has 0 aliphatic carbocycles. The summed E-state index contributed by atoms with van der Waals surface area (Å²) in [7, 11) is -4.66. The first-order valence-electron chi connectivity index (χ1n) is 11.5. The van der Waals surface area contributed by atoms with Crippen molar-refractivity contribution in [1.82, 2.24) is 9.80 Å². The molecule has 0 aromatic carbocycles. The summed E-state index contributed by atoms with van der Waals surface area (Å²) < 4.78 is 32.3. The van der Waals surface area contributed by atoms with Crippen LogP contribution < -0.4 is 64.2 Å². The summed E-state index contributed by atoms with van der Waals surface area (Å²) in [6, 6.07) is 0. The van der Waals surface area contributed by atoms with Gasteiger partial charge in [0.15, 0.2) is 0 Å². The molecule has 0 aromatic rings. The van der Waals surface area contributed by atoms with E-state index in [0.29, 0.717) is 6.42 Å². The molecule has 0 saturated carbocycles. The van der Waals surface area contributed by atoms with Gasteiger partial charge in [-0.3, -0.25) is 9.69 Å². The molecule has 1 atom stereocenters. The van der Waals surface area contributed by atoms with Crippen molar-refractivity contribution < 1.29 is 97.0 Å². The number of nitrogens with zero attached hydrogens (tertiary/aromatic N) is 2. The van der Waals surface area contributed by atoms with E-state index in [-0.39, 0.29) is 97.8 Å². The molecule has 0 radical (unpaired) electrons. The number of amides is 1. The van der Waals surface area contributed by atoms with E-state index in [1.54, 1.807) is 0 Å². The number of carbonyl (C=O) groups is 2. The quantitative estimate of drug-likeness (QED) is 0.0842. The third kappa shape index (κ3) is 24.4. The summed E-state index contributed by atoms with van der Waals surface area (Å²) >= 11 is 0. The van der Waals surface area contributed by atoms with Crippen molar-refractivity contribution in [2.24, 2.45) is 0 Å². The molecule has 10 nitrogen and oxygen atoms in total. The first-order chi connectivity index (χ1) is 15.1. The molecule has 190 valence electrons. The Kier molecular flexibility index (Phi) is 27.8. The Morgan fingerprint density at radius 1 is 0.912 bits per heavy atom. The fourth-order valence-electron chi connectivity index (χ4n) is 3.49. The van der Waals surface area contributed by atoms with E-state index in [0.717, 1.165) is 25.7 Å². The minimum Gasteiger partial charge on any atom is -0.748 e. The Labute approximate surface area is 249 Å². The van der Waals surface area contributed by atoms with Crippen LogP contribution in [0, 0.1) is 0 Å². The van der Waals surface area contributed by atoms with Gasteiger partial charge in [-0.2, -0.15) is 0 Å². The topological polar surface area (TPSA) is 161 Å². The number of hydrogen-bond donors (Lipinski definition) is 2. The normalized spacial score (nSPS) is 12.0. The van der Waals surface area contributed by atoms with Crippen LogP contribution >= 0.6 is 0 Å². The minimum atomic E-state index is -4.66. The predicted octanol–water partition coefficient (Wildman–Crippen LogP) is -6.31. The third-order valence-electron chi connectivity index (χ3n) is 5.12. The summed E-state index contributed by atoms with van der Waals surface area (Å²) in [5.74, 6) is -2.62. The van der Waals surface area contributed by atoms with Crippen molar-refractivity contribution in [2.75, 3.05) is 45.1 Å². The number of aliphatic hydroxyl groups is 2. The van der Waals surface area contributed by atoms with Crippen molar-refractivity contribution >= 4 is 22.0 Å². The van der Waals surface area contributed by atoms with E-state index in [9.17, 15) is 37.9 Å². The van der Waals surface area contributed by atoms with Crippen LogP contribution in [-0.2, 0) is 19.7 Å². The average molecular weight is 527 g/mol. The predicted molar refractivity (Wildman–Crippen MR) is 118 cm³/mol. The fourth-order valence-corrected chi connectivity index (χ4v) is 4.07. The molecular formula is C21H40N2Na2O8S. The zero-order chi connectivity index (χ0) is 24.4. The van der Waals surface area contributed by atoms with Crippen LogP contribution in [0.3, 0.4) is 0 Å². The van der Waals surface area contributed by atoms with Gasteiger partial charge in [-0.15, -0.1) is 0 Å². The van der Waals surface area contributed by atoms with Gasteiger partial charge in [0.05, 0.1) is 34.6 Å². The van der Waals surface area contributed by atoms with Gasteiger partial charge in [-0.1, -0.05) is 58.3 Å². The van der Waals surface area contributed by atoms with Crippen molar-refractivity contribution in [3.63, 3.8) is 0 Å². The SMILES string of the molecule is CCCCCCCCCCCC(=O)N(CCO)CCN(CC(=O)[O-])CC(O)CS(=O)(=O)[O-].[Na+].[Na+]. The Bertz CT molecular complexity index is 626. The molecule has 1 amide bonds. The summed E-state index contributed by atoms with van der Waals surface area (Å²) in [5, 5.41) is 29.9. The second kappa shape index (κ2) is 24.1. The van der Waals surface area contributed by atoms with Gasteiger partial charge in [0, 0.05) is 39.1 Å². The maximum Gasteiger partial charge on any atom is 1.00 e. The van der Waals surface area contributed by atoms with Crippen LogP contribution in [0.5, 0.6) is 0 Å². The van der Waals surface area contributed by atoms with E-state index in [1.165, 1.54) is 41.9 Å². The number of carboxylic acid groups (broad SMARTS) is 1. The standard InChI is InChI=1S/C21H42N2O8S.2Na/c1-2-3-4-5-6-7-8-9-10-11-20(26)23(14-15-24)13-12-22(17-21(27)28)16-19(25)18-32(29,30)31;;/h19,24-25H,2-18H2,1H3,(H,27,28)(H,29,30,31);;/q;2*+1/p-2. The van der Waals surface area contributed by atoms with Crippen molar-refractivity contribution in [2.45, 2.75) is 77.2 Å². The summed E-state index contributed by atoms with van der Waals surface area (Å²) in [6.07, 6.45) is 8.88. The molecule has 34 heavy (non-hydrogen) atoms. The molecule has 0 bridgehead atoms. The molecule has 0 fully saturated rings. The monoisotopic (exact) mass is 526 g/mol. The maximum atomic E-state index is 12.5. The molecule has 0 aromatic heterocycles. The van der Waals surface area contributed by atoms with Gasteiger partial charge in [0.2, 0.25) is 5.91 Å². The van der Waals surface area contributed by atoms with Crippen LogP contribution in [0.4, 0.5) is 0 Å². The molecule has 0 aliphatic heterocycles. The molecule has 1 unspecified atom stereocenters. The molecular weight excluding hydrogens is 486 g/mol. The third-order valence-corrected chi connectivity index (χ3v) is 5.91. The second-order valence-electron chi connectivity index (χ2n) is 8.17. The number of carbonyl (C=O) groups excluding carboxylic acids is 2. The number of unbranched alkanes of at least 4 members (excludes halogenated alkanes) is 8. The largest absolute Gasteiger partial charge is 1.00 e. The van der Waals surface area contributed by atoms with E-state index in [1.807, 2.05) is 0 Å². The Morgan fingerprint density at radius 3 is 1.91 bits per heavy atom. The smallest absolute Gasteiger partial charge is 0.748 e. The first-order valence-corrected chi connectivity index (χ1v) is 13.1. The van der Waals surface area contributed by atoms with Crippen LogP contribution in [0.15, 0.2) is 0 Å². The molecule has 0 saturated heterocycles. The van der Waals surface area contributed by atoms with Crippen LogP contribution in [-0.4, -0.2) is 96.0 Å². The fraction of sp³-hybridized carbons (Fsp3) is 0.905. The number of carboxylic acids is 1. The first kappa shape index (κ1) is 39.2. The molecule has 0 heterocycles. The average Bonchev–Trinajstić information content (AvgIpc) is 2.67. The molecule has 13 heteroatoms. The van der Waals surface area contributed by atoms with Gasteiger partial charge in [0.1, 0.15) is 0 Å². The summed E-state index contributed by atoms with van der Waals surface area (Å²) in [5.41, 5.74) is 0.